The van der Waals surface area contributed by atoms with Gasteiger partial charge in [-0.3, -0.25) is 9.36 Å². The Morgan fingerprint density at radius 2 is 2.20 bits per heavy atom. The molecular weight excluding hydrogens is 198 g/mol. The number of aromatic nitrogens is 3. The highest BCUT2D eigenvalue weighted by molar-refractivity contribution is 5.69. The summed E-state index contributed by atoms with van der Waals surface area (Å²) in [6, 6.07) is 0.378. The molecular formula is C9H15N3O3. The maximum Gasteiger partial charge on any atom is 0.317 e. The Kier molecular flexibility index (Phi) is 3.65. The molecule has 0 aromatic carbocycles. The van der Waals surface area contributed by atoms with Gasteiger partial charge in [-0.15, -0.1) is 5.10 Å². The zero-order valence-electron chi connectivity index (χ0n) is 9.10. The SMILES string of the molecule is CCn1c(CC(=O)O)nnc1OC(C)C. The van der Waals surface area contributed by atoms with Crippen LogP contribution in [0, 0.1) is 0 Å². The molecule has 0 spiro atoms. The van der Waals surface area contributed by atoms with E-state index in [4.69, 9.17) is 9.84 Å². The fraction of sp³-hybridized carbons (Fsp3) is 0.667. The van der Waals surface area contributed by atoms with E-state index >= 15 is 0 Å². The largest absolute Gasteiger partial charge is 0.481 e. The van der Waals surface area contributed by atoms with E-state index in [0.717, 1.165) is 0 Å². The molecule has 0 saturated heterocycles. The summed E-state index contributed by atoms with van der Waals surface area (Å²) in [6.07, 6.45) is -0.139. The van der Waals surface area contributed by atoms with Gasteiger partial charge in [0.05, 0.1) is 6.10 Å². The number of carbonyl (C=O) groups is 1. The van der Waals surface area contributed by atoms with Gasteiger partial charge in [-0.1, -0.05) is 5.10 Å². The van der Waals surface area contributed by atoms with E-state index in [1.165, 1.54) is 0 Å². The lowest BCUT2D eigenvalue weighted by Crippen LogP contribution is -2.13. The Hall–Kier alpha value is -1.59. The minimum atomic E-state index is -0.923. The van der Waals surface area contributed by atoms with E-state index in [0.29, 0.717) is 18.4 Å². The van der Waals surface area contributed by atoms with Crippen LogP contribution in [0.4, 0.5) is 0 Å². The van der Waals surface area contributed by atoms with E-state index < -0.39 is 5.97 Å². The van der Waals surface area contributed by atoms with Crippen LogP contribution in [0.1, 0.15) is 26.6 Å². The normalized spacial score (nSPS) is 10.7. The Morgan fingerprint density at radius 1 is 1.53 bits per heavy atom. The minimum absolute atomic E-state index is 0.00261. The van der Waals surface area contributed by atoms with Crippen molar-refractivity contribution >= 4 is 5.97 Å². The first-order chi connectivity index (χ1) is 7.04. The summed E-state index contributed by atoms with van der Waals surface area (Å²) in [7, 11) is 0. The molecule has 1 aromatic rings. The molecule has 0 unspecified atom stereocenters. The first-order valence-corrected chi connectivity index (χ1v) is 4.85. The van der Waals surface area contributed by atoms with Crippen molar-refractivity contribution in [3.8, 4) is 6.01 Å². The predicted molar refractivity (Wildman–Crippen MR) is 52.8 cm³/mol. The van der Waals surface area contributed by atoms with Crippen molar-refractivity contribution in [3.05, 3.63) is 5.82 Å². The molecule has 6 nitrogen and oxygen atoms in total. The predicted octanol–water partition coefficient (Wildman–Crippen LogP) is 0.712. The maximum absolute atomic E-state index is 10.5. The van der Waals surface area contributed by atoms with Gasteiger partial charge in [0.25, 0.3) is 0 Å². The van der Waals surface area contributed by atoms with Crippen molar-refractivity contribution in [2.75, 3.05) is 0 Å². The van der Waals surface area contributed by atoms with Crippen molar-refractivity contribution in [1.29, 1.82) is 0 Å². The van der Waals surface area contributed by atoms with Gasteiger partial charge in [-0.2, -0.15) is 0 Å². The van der Waals surface area contributed by atoms with Gasteiger partial charge in [0.15, 0.2) is 0 Å². The third-order valence-electron chi connectivity index (χ3n) is 1.76. The number of hydrogen-bond donors (Lipinski definition) is 1. The summed E-state index contributed by atoms with van der Waals surface area (Å²) < 4.78 is 7.06. The van der Waals surface area contributed by atoms with Crippen LogP contribution >= 0.6 is 0 Å². The standard InChI is InChI=1S/C9H15N3O3/c1-4-12-7(5-8(13)14)10-11-9(12)15-6(2)3/h6H,4-5H2,1-3H3,(H,13,14). The molecule has 0 aliphatic carbocycles. The van der Waals surface area contributed by atoms with Crippen molar-refractivity contribution in [2.24, 2.45) is 0 Å². The Balaban J connectivity index is 2.89. The van der Waals surface area contributed by atoms with Gasteiger partial charge in [0.2, 0.25) is 0 Å². The van der Waals surface area contributed by atoms with Crippen LogP contribution in [0.15, 0.2) is 0 Å². The number of rotatable bonds is 5. The first kappa shape index (κ1) is 11.5. The van der Waals surface area contributed by atoms with E-state index in [2.05, 4.69) is 10.2 Å². The number of nitrogens with zero attached hydrogens (tertiary/aromatic N) is 3. The van der Waals surface area contributed by atoms with Gasteiger partial charge in [0, 0.05) is 6.54 Å². The molecule has 1 rings (SSSR count). The van der Waals surface area contributed by atoms with Crippen molar-refractivity contribution in [1.82, 2.24) is 14.8 Å². The molecule has 0 fully saturated rings. The fourth-order valence-electron chi connectivity index (χ4n) is 1.20. The molecule has 1 N–H and O–H groups in total. The van der Waals surface area contributed by atoms with Gasteiger partial charge in [0.1, 0.15) is 12.2 Å². The number of ether oxygens (including phenoxy) is 1. The zero-order valence-corrected chi connectivity index (χ0v) is 9.10. The lowest BCUT2D eigenvalue weighted by atomic mass is 10.4. The molecule has 84 valence electrons. The summed E-state index contributed by atoms with van der Waals surface area (Å²) in [5.74, 6) is -0.506. The van der Waals surface area contributed by atoms with E-state index in [-0.39, 0.29) is 12.5 Å². The molecule has 15 heavy (non-hydrogen) atoms. The Morgan fingerprint density at radius 3 is 2.67 bits per heavy atom. The summed E-state index contributed by atoms with van der Waals surface area (Å²) in [6.45, 7) is 6.25. The number of hydrogen-bond acceptors (Lipinski definition) is 4. The summed E-state index contributed by atoms with van der Waals surface area (Å²) in [4.78, 5) is 10.5. The van der Waals surface area contributed by atoms with Gasteiger partial charge in [-0.05, 0) is 20.8 Å². The lowest BCUT2D eigenvalue weighted by molar-refractivity contribution is -0.136. The van der Waals surface area contributed by atoms with Gasteiger partial charge >= 0.3 is 12.0 Å². The number of aliphatic carboxylic acids is 1. The van der Waals surface area contributed by atoms with Gasteiger partial charge < -0.3 is 9.84 Å². The van der Waals surface area contributed by atoms with Crippen molar-refractivity contribution < 1.29 is 14.6 Å². The molecule has 0 radical (unpaired) electrons. The summed E-state index contributed by atoms with van der Waals surface area (Å²) in [5, 5.41) is 16.3. The molecule has 0 amide bonds. The first-order valence-electron chi connectivity index (χ1n) is 4.85. The topological polar surface area (TPSA) is 77.2 Å². The molecule has 0 aliphatic heterocycles. The quantitative estimate of drug-likeness (QED) is 0.779. The van der Waals surface area contributed by atoms with Crippen LogP contribution in [-0.2, 0) is 17.8 Å². The van der Waals surface area contributed by atoms with Crippen LogP contribution in [-0.4, -0.2) is 31.9 Å². The molecule has 0 atom stereocenters. The monoisotopic (exact) mass is 213 g/mol. The average molecular weight is 213 g/mol. The van der Waals surface area contributed by atoms with Crippen molar-refractivity contribution in [3.63, 3.8) is 0 Å². The molecule has 0 aliphatic rings. The molecule has 1 aromatic heterocycles. The highest BCUT2D eigenvalue weighted by Gasteiger charge is 2.15. The van der Waals surface area contributed by atoms with E-state index in [1.807, 2.05) is 20.8 Å². The maximum atomic E-state index is 10.5. The fourth-order valence-corrected chi connectivity index (χ4v) is 1.20. The molecule has 6 heteroatoms. The molecule has 0 bridgehead atoms. The number of carboxylic acids is 1. The zero-order chi connectivity index (χ0) is 11.4. The van der Waals surface area contributed by atoms with E-state index in [1.54, 1.807) is 4.57 Å². The van der Waals surface area contributed by atoms with Crippen LogP contribution < -0.4 is 4.74 Å². The van der Waals surface area contributed by atoms with Crippen molar-refractivity contribution in [2.45, 2.75) is 39.8 Å². The van der Waals surface area contributed by atoms with Crippen LogP contribution in [0.2, 0.25) is 0 Å². The molecule has 0 saturated carbocycles. The third-order valence-corrected chi connectivity index (χ3v) is 1.76. The minimum Gasteiger partial charge on any atom is -0.481 e. The lowest BCUT2D eigenvalue weighted by Gasteiger charge is -2.09. The smallest absolute Gasteiger partial charge is 0.317 e. The third kappa shape index (κ3) is 2.93. The Bertz CT molecular complexity index is 346. The second-order valence-electron chi connectivity index (χ2n) is 3.38. The van der Waals surface area contributed by atoms with Crippen LogP contribution in [0.25, 0.3) is 0 Å². The number of carboxylic acid groups (broad SMARTS) is 1. The molecule has 1 heterocycles. The second-order valence-corrected chi connectivity index (χ2v) is 3.38. The Labute approximate surface area is 87.9 Å². The summed E-state index contributed by atoms with van der Waals surface area (Å²) >= 11 is 0. The highest BCUT2D eigenvalue weighted by Crippen LogP contribution is 2.12. The van der Waals surface area contributed by atoms with Crippen LogP contribution in [0.3, 0.4) is 0 Å². The van der Waals surface area contributed by atoms with E-state index in [9.17, 15) is 4.79 Å². The average Bonchev–Trinajstić information content (AvgIpc) is 2.45. The second kappa shape index (κ2) is 4.77. The van der Waals surface area contributed by atoms with Crippen LogP contribution in [0.5, 0.6) is 6.01 Å². The highest BCUT2D eigenvalue weighted by atomic mass is 16.5. The van der Waals surface area contributed by atoms with Gasteiger partial charge in [-0.25, -0.2) is 0 Å². The summed E-state index contributed by atoms with van der Waals surface area (Å²) in [5.41, 5.74) is 0.